The molecule has 0 saturated heterocycles. The Morgan fingerprint density at radius 2 is 2.17 bits per heavy atom. The van der Waals surface area contributed by atoms with Gasteiger partial charge in [-0.3, -0.25) is 9.59 Å². The molecular weight excluding hydrogens is 236 g/mol. The van der Waals surface area contributed by atoms with E-state index in [1.807, 2.05) is 0 Å². The van der Waals surface area contributed by atoms with Gasteiger partial charge in [0.2, 0.25) is 0 Å². The highest BCUT2D eigenvalue weighted by atomic mass is 16.4. The third-order valence-corrected chi connectivity index (χ3v) is 2.38. The number of nitrogens with one attached hydrogen (secondary N) is 1. The van der Waals surface area contributed by atoms with Gasteiger partial charge in [0.05, 0.1) is 6.20 Å². The maximum atomic E-state index is 11.6. The number of aromatic nitrogens is 3. The Kier molecular flexibility index (Phi) is 5.83. The van der Waals surface area contributed by atoms with Gasteiger partial charge in [0.25, 0.3) is 5.91 Å². The van der Waals surface area contributed by atoms with Crippen molar-refractivity contribution in [2.45, 2.75) is 39.2 Å². The van der Waals surface area contributed by atoms with E-state index in [9.17, 15) is 9.59 Å². The molecule has 0 atom stereocenters. The summed E-state index contributed by atoms with van der Waals surface area (Å²) in [6, 6.07) is 0. The Morgan fingerprint density at radius 1 is 1.39 bits per heavy atom. The molecule has 0 unspecified atom stereocenters. The minimum Gasteiger partial charge on any atom is -0.480 e. The molecule has 7 nitrogen and oxygen atoms in total. The number of unbranched alkanes of at least 4 members (excludes halogenated alkanes) is 3. The van der Waals surface area contributed by atoms with Crippen molar-refractivity contribution < 1.29 is 14.7 Å². The summed E-state index contributed by atoms with van der Waals surface area (Å²) in [4.78, 5) is 22.0. The molecule has 0 aliphatic rings. The average Bonchev–Trinajstić information content (AvgIpc) is 2.76. The van der Waals surface area contributed by atoms with E-state index in [4.69, 9.17) is 5.11 Å². The molecule has 0 bridgehead atoms. The van der Waals surface area contributed by atoms with Gasteiger partial charge in [-0.2, -0.15) is 0 Å². The standard InChI is InChI=1S/C11H18N4O3/c1-2-3-4-5-6-12-11(18)9-7-15(14-13-9)8-10(16)17/h7H,2-6,8H2,1H3,(H,12,18)(H,16,17). The molecule has 2 N–H and O–H groups in total. The summed E-state index contributed by atoms with van der Waals surface area (Å²) in [5, 5.41) is 18.5. The van der Waals surface area contributed by atoms with E-state index in [2.05, 4.69) is 22.6 Å². The van der Waals surface area contributed by atoms with Crippen LogP contribution >= 0.6 is 0 Å². The summed E-state index contributed by atoms with van der Waals surface area (Å²) in [6.45, 7) is 2.43. The Balaban J connectivity index is 2.33. The molecule has 0 aromatic carbocycles. The first-order chi connectivity index (χ1) is 8.63. The summed E-state index contributed by atoms with van der Waals surface area (Å²) >= 11 is 0. The van der Waals surface area contributed by atoms with E-state index in [0.717, 1.165) is 30.4 Å². The summed E-state index contributed by atoms with van der Waals surface area (Å²) in [5.74, 6) is -1.34. The van der Waals surface area contributed by atoms with Crippen LogP contribution < -0.4 is 5.32 Å². The van der Waals surface area contributed by atoms with Gasteiger partial charge in [0, 0.05) is 6.54 Å². The normalized spacial score (nSPS) is 10.3. The van der Waals surface area contributed by atoms with Gasteiger partial charge in [0.1, 0.15) is 6.54 Å². The van der Waals surface area contributed by atoms with E-state index >= 15 is 0 Å². The van der Waals surface area contributed by atoms with Gasteiger partial charge in [-0.1, -0.05) is 31.4 Å². The summed E-state index contributed by atoms with van der Waals surface area (Å²) < 4.78 is 1.12. The van der Waals surface area contributed by atoms with Crippen molar-refractivity contribution in [2.24, 2.45) is 0 Å². The second-order valence-corrected chi connectivity index (χ2v) is 4.01. The lowest BCUT2D eigenvalue weighted by atomic mass is 10.2. The first kappa shape index (κ1) is 14.1. The van der Waals surface area contributed by atoms with E-state index in [1.54, 1.807) is 0 Å². The predicted octanol–water partition coefficient (Wildman–Crippen LogP) is 0.673. The van der Waals surface area contributed by atoms with E-state index in [1.165, 1.54) is 6.20 Å². The van der Waals surface area contributed by atoms with Gasteiger partial charge in [-0.05, 0) is 6.42 Å². The lowest BCUT2D eigenvalue weighted by Gasteiger charge is -2.01. The molecule has 0 radical (unpaired) electrons. The van der Waals surface area contributed by atoms with Crippen molar-refractivity contribution in [2.75, 3.05) is 6.54 Å². The smallest absolute Gasteiger partial charge is 0.325 e. The molecule has 1 amide bonds. The molecule has 0 aliphatic heterocycles. The van der Waals surface area contributed by atoms with Crippen LogP contribution in [0.5, 0.6) is 0 Å². The fraction of sp³-hybridized carbons (Fsp3) is 0.636. The highest BCUT2D eigenvalue weighted by Crippen LogP contribution is 1.98. The topological polar surface area (TPSA) is 97.1 Å². The zero-order chi connectivity index (χ0) is 13.4. The number of hydrogen-bond donors (Lipinski definition) is 2. The second kappa shape index (κ2) is 7.41. The Labute approximate surface area is 105 Å². The van der Waals surface area contributed by atoms with Crippen molar-refractivity contribution in [1.29, 1.82) is 0 Å². The fourth-order valence-corrected chi connectivity index (χ4v) is 1.46. The van der Waals surface area contributed by atoms with Crippen LogP contribution in [0, 0.1) is 0 Å². The highest BCUT2D eigenvalue weighted by Gasteiger charge is 2.11. The van der Waals surface area contributed by atoms with Crippen LogP contribution in [0.25, 0.3) is 0 Å². The van der Waals surface area contributed by atoms with Crippen molar-refractivity contribution in [3.05, 3.63) is 11.9 Å². The van der Waals surface area contributed by atoms with Crippen molar-refractivity contribution >= 4 is 11.9 Å². The van der Waals surface area contributed by atoms with E-state index in [-0.39, 0.29) is 18.1 Å². The minimum absolute atomic E-state index is 0.145. The Bertz CT molecular complexity index is 403. The maximum Gasteiger partial charge on any atom is 0.325 e. The number of aliphatic carboxylic acids is 1. The fourth-order valence-electron chi connectivity index (χ4n) is 1.46. The molecule has 100 valence electrons. The molecule has 1 heterocycles. The number of nitrogens with zero attached hydrogens (tertiary/aromatic N) is 3. The molecular formula is C11H18N4O3. The third kappa shape index (κ3) is 4.94. The number of hydrogen-bond acceptors (Lipinski definition) is 4. The largest absolute Gasteiger partial charge is 0.480 e. The SMILES string of the molecule is CCCCCCNC(=O)c1cn(CC(=O)O)nn1. The van der Waals surface area contributed by atoms with Crippen LogP contribution in [-0.2, 0) is 11.3 Å². The molecule has 1 aromatic rings. The first-order valence-corrected chi connectivity index (χ1v) is 6.03. The lowest BCUT2D eigenvalue weighted by molar-refractivity contribution is -0.137. The van der Waals surface area contributed by atoms with Gasteiger partial charge >= 0.3 is 5.97 Å². The molecule has 0 spiro atoms. The highest BCUT2D eigenvalue weighted by molar-refractivity contribution is 5.91. The molecule has 0 aliphatic carbocycles. The number of carboxylic acids is 1. The van der Waals surface area contributed by atoms with Gasteiger partial charge < -0.3 is 10.4 Å². The van der Waals surface area contributed by atoms with Gasteiger partial charge in [-0.15, -0.1) is 5.10 Å². The molecule has 0 saturated carbocycles. The zero-order valence-corrected chi connectivity index (χ0v) is 10.4. The Morgan fingerprint density at radius 3 is 2.83 bits per heavy atom. The van der Waals surface area contributed by atoms with Crippen molar-refractivity contribution in [1.82, 2.24) is 20.3 Å². The Hall–Kier alpha value is -1.92. The zero-order valence-electron chi connectivity index (χ0n) is 10.4. The van der Waals surface area contributed by atoms with Crippen LogP contribution in [0.4, 0.5) is 0 Å². The first-order valence-electron chi connectivity index (χ1n) is 6.03. The van der Waals surface area contributed by atoms with E-state index in [0.29, 0.717) is 6.54 Å². The number of rotatable bonds is 8. The number of carbonyl (C=O) groups excluding carboxylic acids is 1. The predicted molar refractivity (Wildman–Crippen MR) is 64.1 cm³/mol. The van der Waals surface area contributed by atoms with Crippen LogP contribution in [0.15, 0.2) is 6.20 Å². The summed E-state index contributed by atoms with van der Waals surface area (Å²) in [7, 11) is 0. The molecule has 18 heavy (non-hydrogen) atoms. The monoisotopic (exact) mass is 254 g/mol. The number of amides is 1. The van der Waals surface area contributed by atoms with Crippen LogP contribution in [-0.4, -0.2) is 38.5 Å². The molecule has 1 rings (SSSR count). The second-order valence-electron chi connectivity index (χ2n) is 4.01. The summed E-state index contributed by atoms with van der Waals surface area (Å²) in [6.07, 6.45) is 5.66. The average molecular weight is 254 g/mol. The van der Waals surface area contributed by atoms with Crippen LogP contribution in [0.2, 0.25) is 0 Å². The quantitative estimate of drug-likeness (QED) is 0.665. The number of carbonyl (C=O) groups is 2. The van der Waals surface area contributed by atoms with Crippen molar-refractivity contribution in [3.8, 4) is 0 Å². The summed E-state index contributed by atoms with van der Waals surface area (Å²) in [5.41, 5.74) is 0.145. The molecule has 1 aromatic heterocycles. The van der Waals surface area contributed by atoms with Crippen LogP contribution in [0.1, 0.15) is 43.1 Å². The minimum atomic E-state index is -1.02. The van der Waals surface area contributed by atoms with Gasteiger partial charge in [0.15, 0.2) is 5.69 Å². The molecule has 0 fully saturated rings. The van der Waals surface area contributed by atoms with Crippen molar-refractivity contribution in [3.63, 3.8) is 0 Å². The molecule has 7 heteroatoms. The lowest BCUT2D eigenvalue weighted by Crippen LogP contribution is -2.24. The third-order valence-electron chi connectivity index (χ3n) is 2.38. The van der Waals surface area contributed by atoms with Crippen LogP contribution in [0.3, 0.4) is 0 Å². The maximum absolute atomic E-state index is 11.6. The van der Waals surface area contributed by atoms with E-state index < -0.39 is 5.97 Å². The number of carboxylic acid groups (broad SMARTS) is 1. The van der Waals surface area contributed by atoms with Gasteiger partial charge in [-0.25, -0.2) is 4.68 Å².